The summed E-state index contributed by atoms with van der Waals surface area (Å²) in [7, 11) is 0. The summed E-state index contributed by atoms with van der Waals surface area (Å²) >= 11 is 5.50. The predicted molar refractivity (Wildman–Crippen MR) is 170 cm³/mol. The van der Waals surface area contributed by atoms with Gasteiger partial charge in [-0.15, -0.1) is 24.9 Å². The Bertz CT molecular complexity index is 1210. The van der Waals surface area contributed by atoms with Crippen LogP contribution in [0.25, 0.3) is 0 Å². The third-order valence-corrected chi connectivity index (χ3v) is 12.2. The van der Waals surface area contributed by atoms with Crippen molar-refractivity contribution in [1.82, 2.24) is 9.80 Å². The number of aryl methyl sites for hydroxylation is 2. The van der Waals surface area contributed by atoms with E-state index in [0.29, 0.717) is 19.5 Å². The molecule has 1 aromatic carbocycles. The van der Waals surface area contributed by atoms with Gasteiger partial charge in [0.15, 0.2) is 0 Å². The minimum Gasteiger partial charge on any atom is -0.394 e. The lowest BCUT2D eigenvalue weighted by Crippen LogP contribution is -2.59. The number of carbonyl (C=O) groups is 3. The molecule has 9 heteroatoms. The number of hydrogen-bond donors (Lipinski definition) is 1. The zero-order valence-electron chi connectivity index (χ0n) is 24.9. The molecular weight excluding hydrogens is 602 g/mol. The van der Waals surface area contributed by atoms with Crippen molar-refractivity contribution in [3.05, 3.63) is 54.6 Å². The number of fused-ring (bicyclic) bond motifs is 1. The molecule has 7 atom stereocenters. The van der Waals surface area contributed by atoms with Gasteiger partial charge in [-0.25, -0.2) is 0 Å². The number of nitrogens with zero attached hydrogens (tertiary/aromatic N) is 3. The number of rotatable bonds is 12. The largest absolute Gasteiger partial charge is 0.394 e. The first-order valence-electron chi connectivity index (χ1n) is 14.6. The number of aliphatic hydroxyl groups is 1. The molecule has 0 saturated carbocycles. The highest BCUT2D eigenvalue weighted by atomic mass is 79.9. The molecule has 1 aromatic rings. The normalized spacial score (nSPS) is 29.0. The van der Waals surface area contributed by atoms with Gasteiger partial charge < -0.3 is 19.8 Å². The molecule has 7 nitrogen and oxygen atoms in total. The van der Waals surface area contributed by atoms with Crippen LogP contribution < -0.4 is 4.90 Å². The van der Waals surface area contributed by atoms with Crippen molar-refractivity contribution in [1.29, 1.82) is 0 Å². The standard InChI is InChI=1S/C32H44BrN3O4S/c1-8-13-34(14-9-2)29(38)25-26-30(39)36(24(18-37)19(4)5)28(32(26)17-22(33)27(25)41-32)31(40)35(15-10-3)23-16-20(6)11-12-21(23)7/h8,10-12,16,19,22,24-28,37H,1,3,9,13-15,17-18H2,2,4-7H3/t22?,24-,25+,26-,27+,28?,32?/m0/s1. The number of thioether (sulfide) groups is 1. The van der Waals surface area contributed by atoms with Gasteiger partial charge in [-0.1, -0.05) is 61.0 Å². The first kappa shape index (κ1) is 31.8. The van der Waals surface area contributed by atoms with E-state index in [1.807, 2.05) is 52.8 Å². The minimum atomic E-state index is -0.828. The number of alkyl halides is 1. The summed E-state index contributed by atoms with van der Waals surface area (Å²) in [4.78, 5) is 48.8. The van der Waals surface area contributed by atoms with Gasteiger partial charge in [0.1, 0.15) is 6.04 Å². The monoisotopic (exact) mass is 645 g/mol. The summed E-state index contributed by atoms with van der Waals surface area (Å²) in [6, 6.07) is 4.63. The first-order valence-corrected chi connectivity index (χ1v) is 16.4. The van der Waals surface area contributed by atoms with Crippen LogP contribution in [-0.4, -0.2) is 85.8 Å². The molecule has 3 unspecified atom stereocenters. The van der Waals surface area contributed by atoms with Crippen LogP contribution in [0.3, 0.4) is 0 Å². The van der Waals surface area contributed by atoms with Crippen LogP contribution >= 0.6 is 27.7 Å². The maximum atomic E-state index is 14.9. The smallest absolute Gasteiger partial charge is 0.251 e. The van der Waals surface area contributed by atoms with Crippen LogP contribution in [-0.2, 0) is 14.4 Å². The van der Waals surface area contributed by atoms with Crippen molar-refractivity contribution >= 4 is 51.1 Å². The van der Waals surface area contributed by atoms with Gasteiger partial charge in [-0.05, 0) is 49.8 Å². The van der Waals surface area contributed by atoms with Gasteiger partial charge >= 0.3 is 0 Å². The maximum absolute atomic E-state index is 14.9. The third kappa shape index (κ3) is 5.31. The number of hydrogen-bond acceptors (Lipinski definition) is 5. The van der Waals surface area contributed by atoms with Crippen LogP contribution in [0.2, 0.25) is 0 Å². The summed E-state index contributed by atoms with van der Waals surface area (Å²) in [5.41, 5.74) is 2.76. The van der Waals surface area contributed by atoms with Crippen LogP contribution in [0, 0.1) is 31.6 Å². The molecule has 3 amide bonds. The van der Waals surface area contributed by atoms with Gasteiger partial charge in [-0.2, -0.15) is 0 Å². The lowest BCUT2D eigenvalue weighted by atomic mass is 9.70. The lowest BCUT2D eigenvalue weighted by Gasteiger charge is -2.41. The quantitative estimate of drug-likeness (QED) is 0.263. The van der Waals surface area contributed by atoms with Gasteiger partial charge in [0, 0.05) is 35.4 Å². The van der Waals surface area contributed by atoms with Crippen molar-refractivity contribution in [3.8, 4) is 0 Å². The topological polar surface area (TPSA) is 81.2 Å². The summed E-state index contributed by atoms with van der Waals surface area (Å²) < 4.78 is -0.793. The van der Waals surface area contributed by atoms with Crippen LogP contribution in [0.1, 0.15) is 44.7 Å². The summed E-state index contributed by atoms with van der Waals surface area (Å²) in [6.45, 7) is 18.7. The minimum absolute atomic E-state index is 0.0202. The second-order valence-corrected chi connectivity index (χ2v) is 14.7. The second-order valence-electron chi connectivity index (χ2n) is 12.0. The van der Waals surface area contributed by atoms with Crippen molar-refractivity contribution in [3.63, 3.8) is 0 Å². The average molecular weight is 647 g/mol. The van der Waals surface area contributed by atoms with E-state index in [0.717, 1.165) is 23.2 Å². The van der Waals surface area contributed by atoms with Gasteiger partial charge in [0.2, 0.25) is 11.8 Å². The van der Waals surface area contributed by atoms with Gasteiger partial charge in [0.25, 0.3) is 5.91 Å². The van der Waals surface area contributed by atoms with Crippen molar-refractivity contribution in [2.75, 3.05) is 31.1 Å². The Hall–Kier alpha value is -2.10. The third-order valence-electron chi connectivity index (χ3n) is 8.95. The highest BCUT2D eigenvalue weighted by Crippen LogP contribution is 2.68. The van der Waals surface area contributed by atoms with E-state index >= 15 is 0 Å². The number of carbonyl (C=O) groups excluding carboxylic acids is 3. The lowest BCUT2D eigenvalue weighted by molar-refractivity contribution is -0.146. The Balaban J connectivity index is 1.88. The van der Waals surface area contributed by atoms with E-state index < -0.39 is 28.7 Å². The summed E-state index contributed by atoms with van der Waals surface area (Å²) in [5, 5.41) is 10.4. The van der Waals surface area contributed by atoms with Crippen LogP contribution in [0.4, 0.5) is 5.69 Å². The molecule has 3 aliphatic rings. The van der Waals surface area contributed by atoms with Crippen molar-refractivity contribution in [2.45, 2.75) is 74.4 Å². The molecule has 1 spiro atoms. The number of likely N-dealkylation sites (tertiary alicyclic amines) is 1. The Labute approximate surface area is 257 Å². The Morgan fingerprint density at radius 2 is 1.90 bits per heavy atom. The highest BCUT2D eigenvalue weighted by molar-refractivity contribution is 9.09. The van der Waals surface area contributed by atoms with Gasteiger partial charge in [0.05, 0.1) is 29.2 Å². The molecule has 0 radical (unpaired) electrons. The molecule has 0 aromatic heterocycles. The molecule has 224 valence electrons. The summed E-state index contributed by atoms with van der Waals surface area (Å²) in [5.74, 6) is -1.73. The molecule has 3 fully saturated rings. The van der Waals surface area contributed by atoms with Crippen LogP contribution in [0.15, 0.2) is 43.5 Å². The maximum Gasteiger partial charge on any atom is 0.251 e. The SMILES string of the molecule is C=CCN(CCC)C(=O)[C@H]1[C@@H]2SC3(CC2Br)C(C(=O)N(CC=C)c2cc(C)ccc2C)N([C@@H](CO)C(C)C)C(=O)[C@H]13. The molecule has 3 heterocycles. The van der Waals surface area contributed by atoms with E-state index in [-0.39, 0.29) is 46.9 Å². The molecular formula is C32H44BrN3O4S. The Kier molecular flexibility index (Phi) is 9.81. The summed E-state index contributed by atoms with van der Waals surface area (Å²) in [6.07, 6.45) is 4.82. The molecule has 4 rings (SSSR count). The fourth-order valence-electron chi connectivity index (χ4n) is 7.13. The number of amides is 3. The number of benzene rings is 1. The van der Waals surface area contributed by atoms with E-state index in [1.165, 1.54) is 0 Å². The second kappa shape index (κ2) is 12.6. The highest BCUT2D eigenvalue weighted by Gasteiger charge is 2.76. The van der Waals surface area contributed by atoms with Crippen molar-refractivity contribution in [2.24, 2.45) is 17.8 Å². The zero-order valence-corrected chi connectivity index (χ0v) is 27.3. The first-order chi connectivity index (χ1) is 19.5. The molecule has 0 aliphatic carbocycles. The zero-order chi connectivity index (χ0) is 30.2. The van der Waals surface area contributed by atoms with Gasteiger partial charge in [-0.3, -0.25) is 14.4 Å². The molecule has 2 bridgehead atoms. The number of aliphatic hydroxyl groups excluding tert-OH is 1. The number of anilines is 1. The van der Waals surface area contributed by atoms with E-state index in [9.17, 15) is 19.5 Å². The fourth-order valence-corrected chi connectivity index (χ4v) is 10.7. The predicted octanol–water partition coefficient (Wildman–Crippen LogP) is 4.73. The molecule has 41 heavy (non-hydrogen) atoms. The Morgan fingerprint density at radius 3 is 2.49 bits per heavy atom. The average Bonchev–Trinajstić information content (AvgIpc) is 3.52. The molecule has 3 saturated heterocycles. The molecule has 1 N–H and O–H groups in total. The number of halogens is 1. The van der Waals surface area contributed by atoms with E-state index in [2.05, 4.69) is 29.1 Å². The molecule has 3 aliphatic heterocycles. The van der Waals surface area contributed by atoms with Crippen molar-refractivity contribution < 1.29 is 19.5 Å². The van der Waals surface area contributed by atoms with Crippen LogP contribution in [0.5, 0.6) is 0 Å². The Morgan fingerprint density at radius 1 is 1.22 bits per heavy atom. The van der Waals surface area contributed by atoms with E-state index in [4.69, 9.17) is 0 Å². The van der Waals surface area contributed by atoms with E-state index in [1.54, 1.807) is 38.6 Å². The fraction of sp³-hybridized carbons (Fsp3) is 0.594.